The Balaban J connectivity index is 1.52. The number of benzene rings is 1. The number of ether oxygens (including phenoxy) is 1. The first-order chi connectivity index (χ1) is 11.1. The quantitative estimate of drug-likeness (QED) is 0.901. The summed E-state index contributed by atoms with van der Waals surface area (Å²) < 4.78 is 5.43. The average molecular weight is 318 g/mol. The predicted octanol–water partition coefficient (Wildman–Crippen LogP) is 2.91. The fourth-order valence-corrected chi connectivity index (χ4v) is 3.70. The molecular formula is C18H26N2O3. The highest BCUT2D eigenvalue weighted by Gasteiger charge is 2.33. The molecule has 2 heterocycles. The Hall–Kier alpha value is -1.75. The lowest BCUT2D eigenvalue weighted by Crippen LogP contribution is -2.40. The first kappa shape index (κ1) is 16.1. The first-order valence-corrected chi connectivity index (χ1v) is 8.55. The number of nitrogens with zero attached hydrogens (tertiary/aromatic N) is 1. The highest BCUT2D eigenvalue weighted by atomic mass is 16.5. The fourth-order valence-electron chi connectivity index (χ4n) is 3.70. The summed E-state index contributed by atoms with van der Waals surface area (Å²) in [6.07, 6.45) is 3.35. The van der Waals surface area contributed by atoms with Crippen molar-refractivity contribution in [2.45, 2.75) is 32.2 Å². The van der Waals surface area contributed by atoms with Crippen LogP contribution >= 0.6 is 0 Å². The zero-order valence-electron chi connectivity index (χ0n) is 13.7. The van der Waals surface area contributed by atoms with Crippen molar-refractivity contribution in [3.63, 3.8) is 0 Å². The van der Waals surface area contributed by atoms with E-state index in [9.17, 15) is 9.90 Å². The van der Waals surface area contributed by atoms with Gasteiger partial charge in [-0.2, -0.15) is 0 Å². The Morgan fingerprint density at radius 3 is 2.83 bits per heavy atom. The molecule has 0 spiro atoms. The number of rotatable bonds is 3. The van der Waals surface area contributed by atoms with Gasteiger partial charge in [0.15, 0.2) is 0 Å². The number of amides is 2. The molecule has 2 aliphatic rings. The van der Waals surface area contributed by atoms with Crippen molar-refractivity contribution in [3.8, 4) is 5.75 Å². The van der Waals surface area contributed by atoms with Gasteiger partial charge < -0.3 is 20.1 Å². The molecule has 2 amide bonds. The number of carbonyl (C=O) groups is 1. The second-order valence-electron chi connectivity index (χ2n) is 6.71. The fraction of sp³-hybridized carbons (Fsp3) is 0.611. The van der Waals surface area contributed by atoms with Gasteiger partial charge in [0.25, 0.3) is 0 Å². The lowest BCUT2D eigenvalue weighted by Gasteiger charge is -2.28. The molecule has 0 saturated carbocycles. The van der Waals surface area contributed by atoms with Crippen LogP contribution in [0.15, 0.2) is 24.3 Å². The van der Waals surface area contributed by atoms with Crippen molar-refractivity contribution in [3.05, 3.63) is 29.8 Å². The average Bonchev–Trinajstić information content (AvgIpc) is 3.06. The van der Waals surface area contributed by atoms with Gasteiger partial charge in [-0.15, -0.1) is 0 Å². The summed E-state index contributed by atoms with van der Waals surface area (Å²) >= 11 is 0. The first-order valence-electron chi connectivity index (χ1n) is 8.55. The normalized spacial score (nSPS) is 23.7. The van der Waals surface area contributed by atoms with E-state index < -0.39 is 0 Å². The van der Waals surface area contributed by atoms with Crippen LogP contribution in [0, 0.1) is 11.8 Å². The molecule has 0 aromatic heterocycles. The van der Waals surface area contributed by atoms with Crippen LogP contribution in [0.4, 0.5) is 4.79 Å². The predicted molar refractivity (Wildman–Crippen MR) is 88.3 cm³/mol. The lowest BCUT2D eigenvalue weighted by atomic mass is 9.85. The van der Waals surface area contributed by atoms with Gasteiger partial charge in [-0.25, -0.2) is 4.79 Å². The minimum atomic E-state index is -0.114. The molecular weight excluding hydrogens is 292 g/mol. The number of likely N-dealkylation sites (tertiary alicyclic amines) is 1. The number of phenols is 1. The lowest BCUT2D eigenvalue weighted by molar-refractivity contribution is 0.0484. The molecule has 1 aromatic carbocycles. The number of urea groups is 1. The molecule has 1 unspecified atom stereocenters. The smallest absolute Gasteiger partial charge is 0.317 e. The Bertz CT molecular complexity index is 543. The Morgan fingerprint density at radius 2 is 2.09 bits per heavy atom. The van der Waals surface area contributed by atoms with E-state index >= 15 is 0 Å². The monoisotopic (exact) mass is 318 g/mol. The summed E-state index contributed by atoms with van der Waals surface area (Å²) in [7, 11) is 0. The molecule has 2 N–H and O–H groups in total. The van der Waals surface area contributed by atoms with E-state index in [1.54, 1.807) is 18.2 Å². The van der Waals surface area contributed by atoms with E-state index in [2.05, 4.69) is 5.32 Å². The van der Waals surface area contributed by atoms with Crippen LogP contribution in [0.1, 0.15) is 37.8 Å². The van der Waals surface area contributed by atoms with E-state index in [-0.39, 0.29) is 17.8 Å². The van der Waals surface area contributed by atoms with Gasteiger partial charge in [-0.3, -0.25) is 0 Å². The summed E-state index contributed by atoms with van der Waals surface area (Å²) in [5.74, 6) is 1.54. The van der Waals surface area contributed by atoms with Crippen LogP contribution in [0.25, 0.3) is 0 Å². The van der Waals surface area contributed by atoms with Gasteiger partial charge in [0.05, 0.1) is 6.04 Å². The van der Waals surface area contributed by atoms with E-state index in [4.69, 9.17) is 4.74 Å². The van der Waals surface area contributed by atoms with Crippen molar-refractivity contribution in [1.82, 2.24) is 10.2 Å². The molecule has 5 nitrogen and oxygen atoms in total. The van der Waals surface area contributed by atoms with Crippen molar-refractivity contribution >= 4 is 6.03 Å². The molecule has 126 valence electrons. The van der Waals surface area contributed by atoms with Crippen LogP contribution in [-0.2, 0) is 4.74 Å². The highest BCUT2D eigenvalue weighted by molar-refractivity contribution is 5.75. The number of hydrogen-bond donors (Lipinski definition) is 2. The molecule has 2 saturated heterocycles. The van der Waals surface area contributed by atoms with Gasteiger partial charge in [0.2, 0.25) is 0 Å². The molecule has 3 rings (SSSR count). The maximum atomic E-state index is 12.5. The number of nitrogens with one attached hydrogen (secondary N) is 1. The Labute approximate surface area is 137 Å². The van der Waals surface area contributed by atoms with Crippen LogP contribution in [0.2, 0.25) is 0 Å². The minimum absolute atomic E-state index is 0.00426. The third kappa shape index (κ3) is 3.96. The zero-order valence-corrected chi connectivity index (χ0v) is 13.7. The Kier molecular flexibility index (Phi) is 5.06. The zero-order chi connectivity index (χ0) is 16.2. The Morgan fingerprint density at radius 1 is 1.30 bits per heavy atom. The molecule has 0 aliphatic carbocycles. The van der Waals surface area contributed by atoms with E-state index in [0.717, 1.165) is 51.1 Å². The topological polar surface area (TPSA) is 61.8 Å². The molecule has 5 heteroatoms. The van der Waals surface area contributed by atoms with E-state index in [1.807, 2.05) is 17.9 Å². The summed E-state index contributed by atoms with van der Waals surface area (Å²) in [5, 5.41) is 12.6. The van der Waals surface area contributed by atoms with Crippen molar-refractivity contribution in [2.75, 3.05) is 26.3 Å². The van der Waals surface area contributed by atoms with Gasteiger partial charge in [0.1, 0.15) is 5.75 Å². The van der Waals surface area contributed by atoms with E-state index in [0.29, 0.717) is 11.8 Å². The molecule has 2 atom stereocenters. The third-order valence-corrected chi connectivity index (χ3v) is 5.15. The van der Waals surface area contributed by atoms with Gasteiger partial charge >= 0.3 is 6.03 Å². The van der Waals surface area contributed by atoms with Gasteiger partial charge in [0, 0.05) is 26.3 Å². The summed E-state index contributed by atoms with van der Waals surface area (Å²) in [6, 6.07) is 6.92. The highest BCUT2D eigenvalue weighted by Crippen LogP contribution is 2.31. The summed E-state index contributed by atoms with van der Waals surface area (Å²) in [6.45, 7) is 5.35. The standard InChI is InChI=1S/C18H26N2O3/c1-13(15-3-2-4-17(21)11-15)19-18(22)20-8-5-16(12-20)14-6-9-23-10-7-14/h2-4,11,13-14,16,21H,5-10,12H2,1H3,(H,19,22)/t13-,16?/m1/s1. The maximum Gasteiger partial charge on any atom is 0.317 e. The summed E-state index contributed by atoms with van der Waals surface area (Å²) in [4.78, 5) is 14.4. The van der Waals surface area contributed by atoms with E-state index in [1.165, 1.54) is 0 Å². The molecule has 1 aromatic rings. The van der Waals surface area contributed by atoms with Crippen LogP contribution in [0.5, 0.6) is 5.75 Å². The van der Waals surface area contributed by atoms with Crippen LogP contribution in [-0.4, -0.2) is 42.3 Å². The molecule has 2 aliphatic heterocycles. The molecule has 0 radical (unpaired) electrons. The maximum absolute atomic E-state index is 12.5. The van der Waals surface area contributed by atoms with Crippen molar-refractivity contribution in [1.29, 1.82) is 0 Å². The number of hydrogen-bond acceptors (Lipinski definition) is 3. The summed E-state index contributed by atoms with van der Waals surface area (Å²) in [5.41, 5.74) is 0.915. The van der Waals surface area contributed by atoms with Crippen molar-refractivity contribution < 1.29 is 14.6 Å². The second-order valence-corrected chi connectivity index (χ2v) is 6.71. The van der Waals surface area contributed by atoms with Crippen LogP contribution in [0.3, 0.4) is 0 Å². The van der Waals surface area contributed by atoms with Crippen LogP contribution < -0.4 is 5.32 Å². The SMILES string of the molecule is C[C@@H](NC(=O)N1CCC(C2CCOCC2)C1)c1cccc(O)c1. The molecule has 0 bridgehead atoms. The second kappa shape index (κ2) is 7.21. The largest absolute Gasteiger partial charge is 0.508 e. The molecule has 23 heavy (non-hydrogen) atoms. The third-order valence-electron chi connectivity index (χ3n) is 5.15. The number of aromatic hydroxyl groups is 1. The number of carbonyl (C=O) groups excluding carboxylic acids is 1. The molecule has 2 fully saturated rings. The minimum Gasteiger partial charge on any atom is -0.508 e. The van der Waals surface area contributed by atoms with Gasteiger partial charge in [-0.05, 0) is 55.7 Å². The van der Waals surface area contributed by atoms with Gasteiger partial charge in [-0.1, -0.05) is 12.1 Å². The number of phenolic OH excluding ortho intramolecular Hbond substituents is 1. The van der Waals surface area contributed by atoms with Crippen molar-refractivity contribution in [2.24, 2.45) is 11.8 Å².